The van der Waals surface area contributed by atoms with E-state index in [-0.39, 0.29) is 17.5 Å². The Labute approximate surface area is 125 Å². The van der Waals surface area contributed by atoms with Crippen molar-refractivity contribution in [3.8, 4) is 0 Å². The second-order valence-electron chi connectivity index (χ2n) is 5.38. The van der Waals surface area contributed by atoms with Crippen molar-refractivity contribution in [2.45, 2.75) is 32.4 Å². The standard InChI is InChI=1S/C13H23N5O2S/c1-11-8-16-18(9-11)6-3-5-15-13(14-2)17-12-4-7-21(19,20)10-12/h8-9,12H,3-7,10H2,1-2H3,(H2,14,15,17). The summed E-state index contributed by atoms with van der Waals surface area (Å²) in [4.78, 5) is 4.13. The van der Waals surface area contributed by atoms with Crippen LogP contribution in [0.4, 0.5) is 0 Å². The van der Waals surface area contributed by atoms with Gasteiger partial charge in [-0.25, -0.2) is 8.42 Å². The number of rotatable bonds is 5. The van der Waals surface area contributed by atoms with Crippen molar-refractivity contribution in [3.05, 3.63) is 18.0 Å². The number of nitrogens with one attached hydrogen (secondary N) is 2. The fourth-order valence-electron chi connectivity index (χ4n) is 2.33. The van der Waals surface area contributed by atoms with E-state index in [1.165, 1.54) is 0 Å². The van der Waals surface area contributed by atoms with Crippen LogP contribution in [0.25, 0.3) is 0 Å². The van der Waals surface area contributed by atoms with Crippen LogP contribution in [-0.2, 0) is 16.4 Å². The summed E-state index contributed by atoms with van der Waals surface area (Å²) in [5.41, 5.74) is 1.16. The molecule has 1 saturated heterocycles. The van der Waals surface area contributed by atoms with Crippen molar-refractivity contribution in [3.63, 3.8) is 0 Å². The molecular formula is C13H23N5O2S. The summed E-state index contributed by atoms with van der Waals surface area (Å²) in [6.07, 6.45) is 5.42. The van der Waals surface area contributed by atoms with Gasteiger partial charge in [0.25, 0.3) is 0 Å². The Morgan fingerprint density at radius 1 is 1.57 bits per heavy atom. The molecule has 2 rings (SSSR count). The zero-order valence-corrected chi connectivity index (χ0v) is 13.4. The molecule has 1 atom stereocenters. The number of hydrogen-bond donors (Lipinski definition) is 2. The maximum Gasteiger partial charge on any atom is 0.191 e. The van der Waals surface area contributed by atoms with E-state index in [0.717, 1.165) is 25.1 Å². The van der Waals surface area contributed by atoms with Crippen molar-refractivity contribution in [1.29, 1.82) is 0 Å². The van der Waals surface area contributed by atoms with Gasteiger partial charge in [-0.3, -0.25) is 9.67 Å². The van der Waals surface area contributed by atoms with E-state index in [1.807, 2.05) is 24.0 Å². The molecule has 1 aromatic rings. The van der Waals surface area contributed by atoms with E-state index >= 15 is 0 Å². The first-order valence-corrected chi connectivity index (χ1v) is 8.97. The van der Waals surface area contributed by atoms with Crippen molar-refractivity contribution in [1.82, 2.24) is 20.4 Å². The molecule has 0 saturated carbocycles. The third-order valence-corrected chi connectivity index (χ3v) is 5.18. The third kappa shape index (κ3) is 5.04. The number of nitrogens with zero attached hydrogens (tertiary/aromatic N) is 3. The summed E-state index contributed by atoms with van der Waals surface area (Å²) >= 11 is 0. The molecule has 118 valence electrons. The molecule has 0 aromatic carbocycles. The Morgan fingerprint density at radius 3 is 2.95 bits per heavy atom. The van der Waals surface area contributed by atoms with E-state index < -0.39 is 9.84 Å². The van der Waals surface area contributed by atoms with E-state index in [9.17, 15) is 8.42 Å². The lowest BCUT2D eigenvalue weighted by atomic mass is 10.3. The van der Waals surface area contributed by atoms with Crippen LogP contribution in [0.3, 0.4) is 0 Å². The van der Waals surface area contributed by atoms with Gasteiger partial charge in [0.05, 0.1) is 17.7 Å². The van der Waals surface area contributed by atoms with Crippen LogP contribution in [-0.4, -0.2) is 55.3 Å². The molecule has 1 unspecified atom stereocenters. The van der Waals surface area contributed by atoms with Crippen LogP contribution in [0.1, 0.15) is 18.4 Å². The molecule has 0 bridgehead atoms. The molecule has 1 aromatic heterocycles. The summed E-state index contributed by atoms with van der Waals surface area (Å²) in [7, 11) is -1.17. The molecule has 0 spiro atoms. The molecule has 0 amide bonds. The predicted octanol–water partition coefficient (Wildman–Crippen LogP) is -0.0663. The minimum atomic E-state index is -2.87. The van der Waals surface area contributed by atoms with Crippen molar-refractivity contribution < 1.29 is 8.42 Å². The van der Waals surface area contributed by atoms with Gasteiger partial charge in [-0.2, -0.15) is 5.10 Å². The van der Waals surface area contributed by atoms with Gasteiger partial charge >= 0.3 is 0 Å². The highest BCUT2D eigenvalue weighted by molar-refractivity contribution is 7.91. The van der Waals surface area contributed by atoms with E-state index in [0.29, 0.717) is 12.4 Å². The highest BCUT2D eigenvalue weighted by Crippen LogP contribution is 2.10. The van der Waals surface area contributed by atoms with Crippen molar-refractivity contribution in [2.75, 3.05) is 25.1 Å². The van der Waals surface area contributed by atoms with Crippen LogP contribution >= 0.6 is 0 Å². The quantitative estimate of drug-likeness (QED) is 0.451. The largest absolute Gasteiger partial charge is 0.356 e. The van der Waals surface area contributed by atoms with Crippen molar-refractivity contribution >= 4 is 15.8 Å². The second kappa shape index (κ2) is 6.93. The van der Waals surface area contributed by atoms with Gasteiger partial charge in [-0.15, -0.1) is 0 Å². The van der Waals surface area contributed by atoms with Crippen LogP contribution in [0.15, 0.2) is 17.4 Å². The summed E-state index contributed by atoms with van der Waals surface area (Å²) in [6, 6.07) is -0.0324. The summed E-state index contributed by atoms with van der Waals surface area (Å²) in [5, 5.41) is 10.6. The molecule has 21 heavy (non-hydrogen) atoms. The maximum atomic E-state index is 11.4. The van der Waals surface area contributed by atoms with Gasteiger partial charge in [0.1, 0.15) is 0 Å². The number of guanidine groups is 1. The molecule has 0 radical (unpaired) electrons. The fraction of sp³-hybridized carbons (Fsp3) is 0.692. The van der Waals surface area contributed by atoms with Gasteiger partial charge in [0.2, 0.25) is 0 Å². The highest BCUT2D eigenvalue weighted by Gasteiger charge is 2.28. The van der Waals surface area contributed by atoms with Crippen molar-refractivity contribution in [2.24, 2.45) is 4.99 Å². The zero-order valence-electron chi connectivity index (χ0n) is 12.5. The molecule has 1 aliphatic rings. The molecule has 2 N–H and O–H groups in total. The molecule has 8 heteroatoms. The monoisotopic (exact) mass is 313 g/mol. The van der Waals surface area contributed by atoms with Crippen LogP contribution < -0.4 is 10.6 Å². The van der Waals surface area contributed by atoms with Crippen LogP contribution in [0.5, 0.6) is 0 Å². The minimum Gasteiger partial charge on any atom is -0.356 e. The normalized spacial score (nSPS) is 21.4. The molecule has 1 fully saturated rings. The maximum absolute atomic E-state index is 11.4. The van der Waals surface area contributed by atoms with Gasteiger partial charge in [-0.05, 0) is 25.3 Å². The molecular weight excluding hydrogens is 290 g/mol. The third-order valence-electron chi connectivity index (χ3n) is 3.42. The smallest absolute Gasteiger partial charge is 0.191 e. The first-order chi connectivity index (χ1) is 9.98. The predicted molar refractivity (Wildman–Crippen MR) is 83.1 cm³/mol. The Kier molecular flexibility index (Phi) is 5.22. The minimum absolute atomic E-state index is 0.0324. The average Bonchev–Trinajstić information content (AvgIpc) is 2.99. The van der Waals surface area contributed by atoms with E-state index in [2.05, 4.69) is 20.7 Å². The first kappa shape index (κ1) is 15.8. The molecule has 1 aliphatic heterocycles. The van der Waals surface area contributed by atoms with Gasteiger partial charge in [0.15, 0.2) is 15.8 Å². The lowest BCUT2D eigenvalue weighted by molar-refractivity contribution is 0.566. The highest BCUT2D eigenvalue weighted by atomic mass is 32.2. The van der Waals surface area contributed by atoms with E-state index in [1.54, 1.807) is 7.05 Å². The number of aryl methyl sites for hydroxylation is 2. The SMILES string of the molecule is CN=C(NCCCn1cc(C)cn1)NC1CCS(=O)(=O)C1. The van der Waals surface area contributed by atoms with Crippen LogP contribution in [0, 0.1) is 6.92 Å². The zero-order chi connectivity index (χ0) is 15.3. The lowest BCUT2D eigenvalue weighted by Gasteiger charge is -2.16. The fourth-order valence-corrected chi connectivity index (χ4v) is 4.01. The first-order valence-electron chi connectivity index (χ1n) is 7.15. The van der Waals surface area contributed by atoms with Gasteiger partial charge in [0, 0.05) is 32.4 Å². The topological polar surface area (TPSA) is 88.4 Å². The Balaban J connectivity index is 1.68. The number of sulfone groups is 1. The number of aliphatic imine (C=N–C) groups is 1. The lowest BCUT2D eigenvalue weighted by Crippen LogP contribution is -2.44. The second-order valence-corrected chi connectivity index (χ2v) is 7.61. The molecule has 2 heterocycles. The molecule has 0 aliphatic carbocycles. The Hall–Kier alpha value is -1.57. The van der Waals surface area contributed by atoms with Gasteiger partial charge < -0.3 is 10.6 Å². The van der Waals surface area contributed by atoms with Gasteiger partial charge in [-0.1, -0.05) is 0 Å². The number of aromatic nitrogens is 2. The number of hydrogen-bond acceptors (Lipinski definition) is 4. The average molecular weight is 313 g/mol. The Morgan fingerprint density at radius 2 is 2.38 bits per heavy atom. The molecule has 7 nitrogen and oxygen atoms in total. The summed E-state index contributed by atoms with van der Waals surface area (Å²) in [5.74, 6) is 1.12. The summed E-state index contributed by atoms with van der Waals surface area (Å²) < 4.78 is 24.8. The van der Waals surface area contributed by atoms with E-state index in [4.69, 9.17) is 0 Å². The summed E-state index contributed by atoms with van der Waals surface area (Å²) in [6.45, 7) is 3.62. The Bertz CT molecular complexity index is 593. The van der Waals surface area contributed by atoms with Crippen LogP contribution in [0.2, 0.25) is 0 Å².